The quantitative estimate of drug-likeness (QED) is 0.350. The Kier molecular flexibility index (Phi) is 7.39. The Bertz CT molecular complexity index is 1030. The third-order valence-electron chi connectivity index (χ3n) is 6.15. The second-order valence-electron chi connectivity index (χ2n) is 8.42. The normalized spacial score (nSPS) is 18.2. The van der Waals surface area contributed by atoms with Gasteiger partial charge in [0.2, 0.25) is 0 Å². The zero-order valence-corrected chi connectivity index (χ0v) is 18.4. The maximum Gasteiger partial charge on any atom is 0.133 e. The Morgan fingerprint density at radius 2 is 1.53 bits per heavy atom. The van der Waals surface area contributed by atoms with Gasteiger partial charge in [0.1, 0.15) is 30.5 Å². The molecule has 32 heavy (non-hydrogen) atoms. The van der Waals surface area contributed by atoms with Crippen molar-refractivity contribution in [3.05, 3.63) is 108 Å². The highest BCUT2D eigenvalue weighted by molar-refractivity contribution is 5.80. The first-order chi connectivity index (χ1) is 15.7. The third kappa shape index (κ3) is 5.67. The average Bonchev–Trinajstić information content (AvgIpc) is 2.84. The SMILES string of the molecule is C=CC[C@@H]1CCC(=O)C[C@H]1c1ccc(OCc2ccccc2)cc1OCc1ccccc1. The molecule has 3 heteroatoms. The first-order valence-electron chi connectivity index (χ1n) is 11.3. The van der Waals surface area contributed by atoms with Gasteiger partial charge in [-0.15, -0.1) is 6.58 Å². The number of rotatable bonds is 9. The molecule has 3 nitrogen and oxygen atoms in total. The van der Waals surface area contributed by atoms with Crippen molar-refractivity contribution in [3.8, 4) is 11.5 Å². The summed E-state index contributed by atoms with van der Waals surface area (Å²) in [5, 5.41) is 0. The van der Waals surface area contributed by atoms with Crippen LogP contribution >= 0.6 is 0 Å². The van der Waals surface area contributed by atoms with Crippen LogP contribution in [0.5, 0.6) is 11.5 Å². The summed E-state index contributed by atoms with van der Waals surface area (Å²) in [7, 11) is 0. The molecule has 3 aromatic rings. The summed E-state index contributed by atoms with van der Waals surface area (Å²) >= 11 is 0. The number of hydrogen-bond acceptors (Lipinski definition) is 3. The van der Waals surface area contributed by atoms with Crippen molar-refractivity contribution in [1.82, 2.24) is 0 Å². The molecule has 0 unspecified atom stereocenters. The molecule has 0 N–H and O–H groups in total. The molecule has 0 bridgehead atoms. The zero-order chi connectivity index (χ0) is 22.2. The zero-order valence-electron chi connectivity index (χ0n) is 18.4. The van der Waals surface area contributed by atoms with Crippen LogP contribution in [0.4, 0.5) is 0 Å². The number of Topliss-reactive ketones (excluding diaryl/α,β-unsaturated/α-hetero) is 1. The summed E-state index contributed by atoms with van der Waals surface area (Å²) in [6.45, 7) is 4.91. The lowest BCUT2D eigenvalue weighted by Crippen LogP contribution is -2.23. The van der Waals surface area contributed by atoms with Crippen molar-refractivity contribution < 1.29 is 14.3 Å². The highest BCUT2D eigenvalue weighted by atomic mass is 16.5. The maximum atomic E-state index is 12.3. The smallest absolute Gasteiger partial charge is 0.133 e. The fraction of sp³-hybridized carbons (Fsp3) is 0.276. The topological polar surface area (TPSA) is 35.5 Å². The number of benzene rings is 3. The molecule has 1 aliphatic rings. The van der Waals surface area contributed by atoms with Crippen molar-refractivity contribution in [2.75, 3.05) is 0 Å². The average molecular weight is 427 g/mol. The molecule has 164 valence electrons. The molecule has 0 radical (unpaired) electrons. The Morgan fingerprint density at radius 1 is 0.875 bits per heavy atom. The van der Waals surface area contributed by atoms with E-state index in [1.54, 1.807) is 0 Å². The second kappa shape index (κ2) is 10.8. The van der Waals surface area contributed by atoms with Crippen molar-refractivity contribution >= 4 is 5.78 Å². The van der Waals surface area contributed by atoms with E-state index < -0.39 is 0 Å². The molecule has 0 aromatic heterocycles. The van der Waals surface area contributed by atoms with Crippen molar-refractivity contribution in [1.29, 1.82) is 0 Å². The van der Waals surface area contributed by atoms with Crippen molar-refractivity contribution in [3.63, 3.8) is 0 Å². The summed E-state index contributed by atoms with van der Waals surface area (Å²) in [5.74, 6) is 2.44. The highest BCUT2D eigenvalue weighted by Gasteiger charge is 2.31. The van der Waals surface area contributed by atoms with Gasteiger partial charge in [-0.05, 0) is 47.4 Å². The Morgan fingerprint density at radius 3 is 2.19 bits per heavy atom. The van der Waals surface area contributed by atoms with Crippen LogP contribution in [0.25, 0.3) is 0 Å². The van der Waals surface area contributed by atoms with Gasteiger partial charge in [0.15, 0.2) is 0 Å². The molecule has 2 atom stereocenters. The summed E-state index contributed by atoms with van der Waals surface area (Å²) in [5.41, 5.74) is 3.32. The monoisotopic (exact) mass is 426 g/mol. The standard InChI is InChI=1S/C29H30O3/c1-2-9-24-14-15-25(30)18-28(24)27-17-16-26(31-20-22-10-5-3-6-11-22)19-29(27)32-21-23-12-7-4-8-13-23/h2-8,10-13,16-17,19,24,28H,1,9,14-15,18,20-21H2/t24-,28-/m1/s1. The van der Waals surface area contributed by atoms with Crippen LogP contribution in [0.1, 0.15) is 48.3 Å². The van der Waals surface area contributed by atoms with Crippen LogP contribution in [0.3, 0.4) is 0 Å². The van der Waals surface area contributed by atoms with E-state index in [0.29, 0.717) is 37.8 Å². The molecular formula is C29H30O3. The van der Waals surface area contributed by atoms with Crippen LogP contribution in [0, 0.1) is 5.92 Å². The number of carbonyl (C=O) groups is 1. The lowest BCUT2D eigenvalue weighted by molar-refractivity contribution is -0.121. The minimum absolute atomic E-state index is 0.142. The van der Waals surface area contributed by atoms with E-state index in [4.69, 9.17) is 9.47 Å². The first-order valence-corrected chi connectivity index (χ1v) is 11.3. The van der Waals surface area contributed by atoms with Crippen molar-refractivity contribution in [2.24, 2.45) is 5.92 Å². The lowest BCUT2D eigenvalue weighted by atomic mass is 9.73. The maximum absolute atomic E-state index is 12.3. The van der Waals surface area contributed by atoms with Crippen molar-refractivity contribution in [2.45, 2.75) is 44.8 Å². The van der Waals surface area contributed by atoms with Gasteiger partial charge in [0.25, 0.3) is 0 Å². The number of carbonyl (C=O) groups excluding carboxylic acids is 1. The van der Waals surface area contributed by atoms with E-state index in [1.165, 1.54) is 0 Å². The second-order valence-corrected chi connectivity index (χ2v) is 8.42. The summed E-state index contributed by atoms with van der Waals surface area (Å²) in [6, 6.07) is 26.3. The van der Waals surface area contributed by atoms with E-state index in [-0.39, 0.29) is 5.92 Å². The fourth-order valence-corrected chi connectivity index (χ4v) is 4.43. The Labute approximate surface area is 190 Å². The molecule has 0 saturated heterocycles. The van der Waals surface area contributed by atoms with Crippen LogP contribution in [-0.2, 0) is 18.0 Å². The van der Waals surface area contributed by atoms with Gasteiger partial charge in [-0.3, -0.25) is 4.79 Å². The lowest BCUT2D eigenvalue weighted by Gasteiger charge is -2.32. The van der Waals surface area contributed by atoms with Crippen LogP contribution in [0.2, 0.25) is 0 Å². The van der Waals surface area contributed by atoms with Gasteiger partial charge in [-0.2, -0.15) is 0 Å². The molecule has 0 amide bonds. The molecule has 1 fully saturated rings. The number of ketones is 1. The molecule has 0 heterocycles. The van der Waals surface area contributed by atoms with E-state index >= 15 is 0 Å². The largest absolute Gasteiger partial charge is 0.489 e. The molecule has 1 saturated carbocycles. The molecule has 0 aliphatic heterocycles. The van der Waals surface area contributed by atoms with Gasteiger partial charge in [0, 0.05) is 18.9 Å². The van der Waals surface area contributed by atoms with Gasteiger partial charge in [0.05, 0.1) is 0 Å². The van der Waals surface area contributed by atoms with Crippen LogP contribution in [-0.4, -0.2) is 5.78 Å². The predicted octanol–water partition coefficient (Wildman–Crippen LogP) is 6.87. The van der Waals surface area contributed by atoms with Gasteiger partial charge >= 0.3 is 0 Å². The Hall–Kier alpha value is -3.33. The van der Waals surface area contributed by atoms with Crippen LogP contribution < -0.4 is 9.47 Å². The molecule has 4 rings (SSSR count). The fourth-order valence-electron chi connectivity index (χ4n) is 4.43. The minimum atomic E-state index is 0.142. The summed E-state index contributed by atoms with van der Waals surface area (Å²) < 4.78 is 12.4. The number of allylic oxidation sites excluding steroid dienone is 1. The van der Waals surface area contributed by atoms with E-state index in [0.717, 1.165) is 41.0 Å². The van der Waals surface area contributed by atoms with Crippen LogP contribution in [0.15, 0.2) is 91.5 Å². The Balaban J connectivity index is 1.59. The summed E-state index contributed by atoms with van der Waals surface area (Å²) in [4.78, 5) is 12.3. The molecule has 1 aliphatic carbocycles. The van der Waals surface area contributed by atoms with Gasteiger partial charge < -0.3 is 9.47 Å². The van der Waals surface area contributed by atoms with E-state index in [9.17, 15) is 4.79 Å². The molecular weight excluding hydrogens is 396 g/mol. The summed E-state index contributed by atoms with van der Waals surface area (Å²) in [6.07, 6.45) is 5.00. The molecule has 0 spiro atoms. The molecule has 3 aromatic carbocycles. The van der Waals surface area contributed by atoms with Gasteiger partial charge in [-0.25, -0.2) is 0 Å². The minimum Gasteiger partial charge on any atom is -0.489 e. The predicted molar refractivity (Wildman–Crippen MR) is 128 cm³/mol. The van der Waals surface area contributed by atoms with E-state index in [1.807, 2.05) is 54.6 Å². The first kappa shape index (κ1) is 21.9. The third-order valence-corrected chi connectivity index (χ3v) is 6.15. The number of hydrogen-bond donors (Lipinski definition) is 0. The highest BCUT2D eigenvalue weighted by Crippen LogP contribution is 2.43. The van der Waals surface area contributed by atoms with E-state index in [2.05, 4.69) is 36.9 Å². The number of ether oxygens (including phenoxy) is 2. The van der Waals surface area contributed by atoms with Gasteiger partial charge in [-0.1, -0.05) is 72.8 Å².